The topological polar surface area (TPSA) is 82.1 Å². The highest BCUT2D eigenvalue weighted by molar-refractivity contribution is 6.06. The van der Waals surface area contributed by atoms with Crippen LogP contribution in [0.1, 0.15) is 49.9 Å². The largest absolute Gasteiger partial charge is 0.478 e. The lowest BCUT2D eigenvalue weighted by Crippen LogP contribution is -2.27. The number of benzene rings is 1. The molecule has 0 saturated carbocycles. The van der Waals surface area contributed by atoms with Crippen LogP contribution in [0.25, 0.3) is 11.0 Å². The van der Waals surface area contributed by atoms with Gasteiger partial charge in [0.25, 0.3) is 0 Å². The van der Waals surface area contributed by atoms with Gasteiger partial charge >= 0.3 is 5.97 Å². The molecule has 21 heavy (non-hydrogen) atoms. The highest BCUT2D eigenvalue weighted by Crippen LogP contribution is 2.27. The molecule has 6 heteroatoms. The average Bonchev–Trinajstić information content (AvgIpc) is 2.94. The molecular formula is C15H22N4O2. The molecule has 0 spiro atoms. The Morgan fingerprint density at radius 1 is 1.19 bits per heavy atom. The first-order valence-electron chi connectivity index (χ1n) is 7.50. The summed E-state index contributed by atoms with van der Waals surface area (Å²) in [4.78, 5) is 13.8. The molecule has 2 aromatic rings. The van der Waals surface area contributed by atoms with Crippen LogP contribution in [0.4, 0.5) is 5.69 Å². The minimum Gasteiger partial charge on any atom is -0.478 e. The van der Waals surface area contributed by atoms with E-state index >= 15 is 0 Å². The van der Waals surface area contributed by atoms with Gasteiger partial charge in [0.15, 0.2) is 0 Å². The fraction of sp³-hybridized carbons (Fsp3) is 0.533. The van der Waals surface area contributed by atoms with E-state index in [0.717, 1.165) is 44.5 Å². The Labute approximate surface area is 124 Å². The molecule has 1 aromatic heterocycles. The number of hydrogen-bond donors (Lipinski definition) is 2. The zero-order valence-electron chi connectivity index (χ0n) is 12.6. The molecular weight excluding hydrogens is 268 g/mol. The predicted molar refractivity (Wildman–Crippen MR) is 82.9 cm³/mol. The number of hydrogen-bond acceptors (Lipinski definition) is 4. The fourth-order valence-electron chi connectivity index (χ4n) is 2.43. The van der Waals surface area contributed by atoms with Gasteiger partial charge in [-0.15, -0.1) is 0 Å². The van der Waals surface area contributed by atoms with Crippen molar-refractivity contribution in [3.8, 4) is 0 Å². The van der Waals surface area contributed by atoms with Crippen molar-refractivity contribution in [3.63, 3.8) is 0 Å². The molecule has 0 aliphatic rings. The summed E-state index contributed by atoms with van der Waals surface area (Å²) in [5.41, 5.74) is 2.00. The standard InChI is InChI=1S/C15H22N4O2/c1-3-5-9-19(10-6-4-2)12-8-7-11-14(17-18-16-11)13(12)15(20)21/h7-8H,3-6,9-10H2,1-2H3,(H,20,21)(H,16,17,18). The molecule has 0 unspecified atom stereocenters. The molecule has 1 aromatic carbocycles. The molecule has 2 rings (SSSR count). The Kier molecular flexibility index (Phi) is 5.14. The van der Waals surface area contributed by atoms with Crippen molar-refractivity contribution in [1.82, 2.24) is 15.4 Å². The average molecular weight is 290 g/mol. The van der Waals surface area contributed by atoms with Gasteiger partial charge in [0.1, 0.15) is 16.6 Å². The predicted octanol–water partition coefficient (Wildman–Crippen LogP) is 3.06. The molecule has 2 N–H and O–H groups in total. The van der Waals surface area contributed by atoms with E-state index in [0.29, 0.717) is 11.0 Å². The number of rotatable bonds is 8. The van der Waals surface area contributed by atoms with Crippen molar-refractivity contribution < 1.29 is 9.90 Å². The Morgan fingerprint density at radius 3 is 2.43 bits per heavy atom. The number of anilines is 1. The minimum atomic E-state index is -0.956. The van der Waals surface area contributed by atoms with Crippen LogP contribution in [-0.4, -0.2) is 39.6 Å². The second-order valence-electron chi connectivity index (χ2n) is 5.15. The third-order valence-corrected chi connectivity index (χ3v) is 3.58. The molecule has 1 heterocycles. The van der Waals surface area contributed by atoms with Gasteiger partial charge in [0.05, 0.1) is 5.69 Å². The molecule has 0 amide bonds. The fourth-order valence-corrected chi connectivity index (χ4v) is 2.43. The molecule has 0 atom stereocenters. The van der Waals surface area contributed by atoms with E-state index in [-0.39, 0.29) is 5.56 Å². The smallest absolute Gasteiger partial charge is 0.340 e. The van der Waals surface area contributed by atoms with Crippen LogP contribution in [0.2, 0.25) is 0 Å². The van der Waals surface area contributed by atoms with Crippen molar-refractivity contribution in [3.05, 3.63) is 17.7 Å². The van der Waals surface area contributed by atoms with E-state index in [4.69, 9.17) is 0 Å². The number of fused-ring (bicyclic) bond motifs is 1. The number of H-pyrrole nitrogens is 1. The molecule has 0 aliphatic heterocycles. The number of nitrogens with zero attached hydrogens (tertiary/aromatic N) is 3. The van der Waals surface area contributed by atoms with Crippen molar-refractivity contribution in [1.29, 1.82) is 0 Å². The SMILES string of the molecule is CCCCN(CCCC)c1ccc2n[nH]nc2c1C(=O)O. The molecule has 0 aliphatic carbocycles. The maximum atomic E-state index is 11.7. The zero-order chi connectivity index (χ0) is 15.2. The molecule has 0 saturated heterocycles. The van der Waals surface area contributed by atoms with Crippen LogP contribution in [0.15, 0.2) is 12.1 Å². The molecule has 0 bridgehead atoms. The van der Waals surface area contributed by atoms with Gasteiger partial charge in [-0.05, 0) is 25.0 Å². The number of carboxylic acids is 1. The normalized spacial score (nSPS) is 11.0. The lowest BCUT2D eigenvalue weighted by atomic mass is 10.1. The van der Waals surface area contributed by atoms with E-state index in [9.17, 15) is 9.90 Å². The number of nitrogens with one attached hydrogen (secondary N) is 1. The van der Waals surface area contributed by atoms with Gasteiger partial charge in [-0.1, -0.05) is 26.7 Å². The van der Waals surface area contributed by atoms with Crippen molar-refractivity contribution in [2.75, 3.05) is 18.0 Å². The van der Waals surface area contributed by atoms with E-state index in [2.05, 4.69) is 34.2 Å². The Morgan fingerprint density at radius 2 is 1.86 bits per heavy atom. The van der Waals surface area contributed by atoms with Crippen LogP contribution < -0.4 is 4.90 Å². The van der Waals surface area contributed by atoms with Crippen LogP contribution in [0.3, 0.4) is 0 Å². The van der Waals surface area contributed by atoms with Gasteiger partial charge in [-0.25, -0.2) is 4.79 Å². The number of carboxylic acid groups (broad SMARTS) is 1. The van der Waals surface area contributed by atoms with E-state index < -0.39 is 5.97 Å². The highest BCUT2D eigenvalue weighted by atomic mass is 16.4. The van der Waals surface area contributed by atoms with Crippen molar-refractivity contribution in [2.24, 2.45) is 0 Å². The van der Waals surface area contributed by atoms with Crippen LogP contribution in [0.5, 0.6) is 0 Å². The van der Waals surface area contributed by atoms with E-state index in [1.165, 1.54) is 0 Å². The second-order valence-corrected chi connectivity index (χ2v) is 5.15. The summed E-state index contributed by atoms with van der Waals surface area (Å²) in [5, 5.41) is 20.0. The summed E-state index contributed by atoms with van der Waals surface area (Å²) < 4.78 is 0. The molecule has 0 radical (unpaired) electrons. The monoisotopic (exact) mass is 290 g/mol. The van der Waals surface area contributed by atoms with Gasteiger partial charge < -0.3 is 10.0 Å². The lowest BCUT2D eigenvalue weighted by molar-refractivity contribution is 0.0699. The number of unbranched alkanes of at least 4 members (excludes halogenated alkanes) is 2. The van der Waals surface area contributed by atoms with Gasteiger partial charge in [-0.2, -0.15) is 15.4 Å². The van der Waals surface area contributed by atoms with Crippen LogP contribution in [0, 0.1) is 0 Å². The van der Waals surface area contributed by atoms with Gasteiger partial charge in [0, 0.05) is 13.1 Å². The summed E-state index contributed by atoms with van der Waals surface area (Å²) in [6.07, 6.45) is 4.24. The zero-order valence-corrected chi connectivity index (χ0v) is 12.6. The van der Waals surface area contributed by atoms with Gasteiger partial charge in [-0.3, -0.25) is 0 Å². The van der Waals surface area contributed by atoms with E-state index in [1.54, 1.807) is 0 Å². The Bertz CT molecular complexity index is 601. The number of aromatic nitrogens is 3. The summed E-state index contributed by atoms with van der Waals surface area (Å²) >= 11 is 0. The molecule has 0 fully saturated rings. The minimum absolute atomic E-state index is 0.244. The van der Waals surface area contributed by atoms with Crippen molar-refractivity contribution in [2.45, 2.75) is 39.5 Å². The maximum Gasteiger partial charge on any atom is 0.340 e. The second kappa shape index (κ2) is 7.06. The Balaban J connectivity index is 2.44. The molecule has 6 nitrogen and oxygen atoms in total. The summed E-state index contributed by atoms with van der Waals surface area (Å²) in [6.45, 7) is 5.99. The van der Waals surface area contributed by atoms with Crippen molar-refractivity contribution >= 4 is 22.7 Å². The first-order valence-corrected chi connectivity index (χ1v) is 7.50. The van der Waals surface area contributed by atoms with Gasteiger partial charge in [0.2, 0.25) is 0 Å². The third-order valence-electron chi connectivity index (χ3n) is 3.58. The third kappa shape index (κ3) is 3.32. The number of aromatic carboxylic acids is 1. The highest BCUT2D eigenvalue weighted by Gasteiger charge is 2.21. The first kappa shape index (κ1) is 15.3. The van der Waals surface area contributed by atoms with Crippen LogP contribution >= 0.6 is 0 Å². The Hall–Kier alpha value is -2.11. The number of aromatic amines is 1. The maximum absolute atomic E-state index is 11.7. The number of carbonyl (C=O) groups is 1. The van der Waals surface area contributed by atoms with Crippen LogP contribution in [-0.2, 0) is 0 Å². The summed E-state index contributed by atoms with van der Waals surface area (Å²) in [5.74, 6) is -0.956. The molecule has 114 valence electrons. The quantitative estimate of drug-likeness (QED) is 0.780. The lowest BCUT2D eigenvalue weighted by Gasteiger charge is -2.26. The first-order chi connectivity index (χ1) is 10.2. The summed E-state index contributed by atoms with van der Waals surface area (Å²) in [6, 6.07) is 3.67. The summed E-state index contributed by atoms with van der Waals surface area (Å²) in [7, 11) is 0. The van der Waals surface area contributed by atoms with E-state index in [1.807, 2.05) is 12.1 Å².